The SMILES string of the molecule is Nc1ncc(-c2cccc(NC(=O)Nc3cc(Br)ccc3F)c2)[nH]1. The van der Waals surface area contributed by atoms with Crippen molar-refractivity contribution in [3.05, 3.63) is 59.0 Å². The number of carbonyl (C=O) groups excluding carboxylic acids is 1. The van der Waals surface area contributed by atoms with E-state index in [1.165, 1.54) is 12.1 Å². The number of nitrogen functional groups attached to an aromatic ring is 1. The Kier molecular flexibility index (Phi) is 4.48. The summed E-state index contributed by atoms with van der Waals surface area (Å²) >= 11 is 3.23. The first-order valence-corrected chi connectivity index (χ1v) is 7.74. The zero-order valence-electron chi connectivity index (χ0n) is 12.3. The predicted molar refractivity (Wildman–Crippen MR) is 95.2 cm³/mol. The van der Waals surface area contributed by atoms with E-state index in [4.69, 9.17) is 5.73 Å². The van der Waals surface area contributed by atoms with Gasteiger partial charge in [-0.15, -0.1) is 0 Å². The molecule has 0 radical (unpaired) electrons. The first-order valence-electron chi connectivity index (χ1n) is 6.95. The molecule has 8 heteroatoms. The lowest BCUT2D eigenvalue weighted by atomic mass is 10.1. The number of nitrogens with one attached hydrogen (secondary N) is 3. The third-order valence-corrected chi connectivity index (χ3v) is 3.70. The van der Waals surface area contributed by atoms with Crippen LogP contribution in [0.5, 0.6) is 0 Å². The van der Waals surface area contributed by atoms with Crippen molar-refractivity contribution in [3.8, 4) is 11.3 Å². The second-order valence-electron chi connectivity index (χ2n) is 4.97. The number of aromatic nitrogens is 2. The van der Waals surface area contributed by atoms with Crippen LogP contribution in [0.2, 0.25) is 0 Å². The predicted octanol–water partition coefficient (Wildman–Crippen LogP) is 4.20. The average molecular weight is 390 g/mol. The number of aromatic amines is 1. The van der Waals surface area contributed by atoms with Gasteiger partial charge in [-0.05, 0) is 30.3 Å². The average Bonchev–Trinajstić information content (AvgIpc) is 2.98. The highest BCUT2D eigenvalue weighted by molar-refractivity contribution is 9.10. The van der Waals surface area contributed by atoms with Gasteiger partial charge in [-0.1, -0.05) is 28.1 Å². The third kappa shape index (κ3) is 3.72. The normalized spacial score (nSPS) is 10.4. The lowest BCUT2D eigenvalue weighted by Gasteiger charge is -2.09. The summed E-state index contributed by atoms with van der Waals surface area (Å²) in [6.45, 7) is 0. The van der Waals surface area contributed by atoms with E-state index in [0.717, 1.165) is 11.3 Å². The molecule has 0 saturated heterocycles. The second kappa shape index (κ2) is 6.71. The van der Waals surface area contributed by atoms with Crippen molar-refractivity contribution >= 4 is 39.3 Å². The monoisotopic (exact) mass is 389 g/mol. The number of nitrogens with two attached hydrogens (primary N) is 1. The van der Waals surface area contributed by atoms with Gasteiger partial charge in [-0.25, -0.2) is 14.2 Å². The number of hydrogen-bond donors (Lipinski definition) is 4. The number of imidazole rings is 1. The van der Waals surface area contributed by atoms with Gasteiger partial charge in [0.15, 0.2) is 5.95 Å². The molecule has 0 fully saturated rings. The van der Waals surface area contributed by atoms with Crippen LogP contribution in [0.4, 0.5) is 26.5 Å². The third-order valence-electron chi connectivity index (χ3n) is 3.20. The molecule has 0 bridgehead atoms. The molecule has 6 nitrogen and oxygen atoms in total. The number of urea groups is 1. The maximum Gasteiger partial charge on any atom is 0.323 e. The van der Waals surface area contributed by atoms with Gasteiger partial charge in [0.1, 0.15) is 5.82 Å². The van der Waals surface area contributed by atoms with Crippen molar-refractivity contribution in [1.29, 1.82) is 0 Å². The van der Waals surface area contributed by atoms with Gasteiger partial charge in [-0.3, -0.25) is 0 Å². The molecular formula is C16H13BrFN5O. The van der Waals surface area contributed by atoms with E-state index >= 15 is 0 Å². The molecule has 122 valence electrons. The van der Waals surface area contributed by atoms with Crippen molar-refractivity contribution in [2.75, 3.05) is 16.4 Å². The number of hydrogen-bond acceptors (Lipinski definition) is 3. The fraction of sp³-hybridized carbons (Fsp3) is 0. The molecule has 0 unspecified atom stereocenters. The van der Waals surface area contributed by atoms with Gasteiger partial charge < -0.3 is 21.4 Å². The Labute approximate surface area is 145 Å². The number of benzene rings is 2. The van der Waals surface area contributed by atoms with E-state index in [0.29, 0.717) is 16.1 Å². The molecule has 0 aliphatic carbocycles. The maximum absolute atomic E-state index is 13.7. The molecule has 3 rings (SSSR count). The molecule has 0 aliphatic rings. The Hall–Kier alpha value is -2.87. The fourth-order valence-electron chi connectivity index (χ4n) is 2.13. The minimum absolute atomic E-state index is 0.0828. The number of anilines is 3. The van der Waals surface area contributed by atoms with Crippen LogP contribution in [0.1, 0.15) is 0 Å². The molecule has 2 amide bonds. The topological polar surface area (TPSA) is 95.8 Å². The quantitative estimate of drug-likeness (QED) is 0.540. The number of rotatable bonds is 3. The Morgan fingerprint density at radius 1 is 1.21 bits per heavy atom. The van der Waals surface area contributed by atoms with Gasteiger partial charge in [-0.2, -0.15) is 0 Å². The van der Waals surface area contributed by atoms with Gasteiger partial charge in [0.25, 0.3) is 0 Å². The highest BCUT2D eigenvalue weighted by Gasteiger charge is 2.09. The summed E-state index contributed by atoms with van der Waals surface area (Å²) in [7, 11) is 0. The molecule has 3 aromatic rings. The first kappa shape index (κ1) is 16.0. The standard InChI is InChI=1S/C16H13BrFN5O/c17-10-4-5-12(18)13(7-10)23-16(24)21-11-3-1-2-9(6-11)14-8-20-15(19)22-14/h1-8H,(H3,19,20,22)(H2,21,23,24). The minimum Gasteiger partial charge on any atom is -0.369 e. The van der Waals surface area contributed by atoms with Gasteiger partial charge >= 0.3 is 6.03 Å². The second-order valence-corrected chi connectivity index (χ2v) is 5.88. The van der Waals surface area contributed by atoms with Gasteiger partial charge in [0.2, 0.25) is 0 Å². The molecule has 2 aromatic carbocycles. The Morgan fingerprint density at radius 2 is 2.04 bits per heavy atom. The van der Waals surface area contributed by atoms with Crippen LogP contribution in [0.3, 0.4) is 0 Å². The van der Waals surface area contributed by atoms with Crippen LogP contribution in [0.15, 0.2) is 53.1 Å². The molecular weight excluding hydrogens is 377 g/mol. The summed E-state index contributed by atoms with van der Waals surface area (Å²) in [4.78, 5) is 18.9. The van der Waals surface area contributed by atoms with Crippen LogP contribution < -0.4 is 16.4 Å². The van der Waals surface area contributed by atoms with Crippen LogP contribution in [0, 0.1) is 5.82 Å². The summed E-state index contributed by atoms with van der Waals surface area (Å²) in [5, 5.41) is 5.12. The van der Waals surface area contributed by atoms with Crippen molar-refractivity contribution in [1.82, 2.24) is 9.97 Å². The maximum atomic E-state index is 13.7. The number of amides is 2. The zero-order valence-corrected chi connectivity index (χ0v) is 13.9. The molecule has 0 spiro atoms. The van der Waals surface area contributed by atoms with Gasteiger partial charge in [0.05, 0.1) is 17.6 Å². The molecule has 0 aliphatic heterocycles. The number of carbonyl (C=O) groups is 1. The van der Waals surface area contributed by atoms with E-state index in [2.05, 4.69) is 36.5 Å². The number of H-pyrrole nitrogens is 1. The smallest absolute Gasteiger partial charge is 0.323 e. The molecule has 0 atom stereocenters. The van der Waals surface area contributed by atoms with Crippen molar-refractivity contribution in [3.63, 3.8) is 0 Å². The molecule has 24 heavy (non-hydrogen) atoms. The molecule has 0 saturated carbocycles. The van der Waals surface area contributed by atoms with E-state index in [1.807, 2.05) is 6.07 Å². The highest BCUT2D eigenvalue weighted by atomic mass is 79.9. The van der Waals surface area contributed by atoms with Crippen LogP contribution in [0.25, 0.3) is 11.3 Å². The van der Waals surface area contributed by atoms with Crippen molar-refractivity contribution < 1.29 is 9.18 Å². The lowest BCUT2D eigenvalue weighted by molar-refractivity contribution is 0.262. The number of halogens is 2. The van der Waals surface area contributed by atoms with Crippen LogP contribution >= 0.6 is 15.9 Å². The summed E-state index contributed by atoms with van der Waals surface area (Å²) in [6.07, 6.45) is 1.60. The van der Waals surface area contributed by atoms with E-state index in [-0.39, 0.29) is 5.69 Å². The van der Waals surface area contributed by atoms with Gasteiger partial charge in [0, 0.05) is 15.7 Å². The Morgan fingerprint density at radius 3 is 2.79 bits per heavy atom. The van der Waals surface area contributed by atoms with Crippen LogP contribution in [-0.4, -0.2) is 16.0 Å². The Bertz CT molecular complexity index is 896. The summed E-state index contributed by atoms with van der Waals surface area (Å²) in [6, 6.07) is 10.9. The van der Waals surface area contributed by atoms with E-state index in [9.17, 15) is 9.18 Å². The Balaban J connectivity index is 1.74. The first-order chi connectivity index (χ1) is 11.5. The molecule has 1 heterocycles. The summed E-state index contributed by atoms with van der Waals surface area (Å²) in [5.74, 6) is -0.207. The number of nitrogens with zero attached hydrogens (tertiary/aromatic N) is 1. The lowest BCUT2D eigenvalue weighted by Crippen LogP contribution is -2.20. The largest absolute Gasteiger partial charge is 0.369 e. The van der Waals surface area contributed by atoms with E-state index < -0.39 is 11.8 Å². The highest BCUT2D eigenvalue weighted by Crippen LogP contribution is 2.23. The summed E-state index contributed by atoms with van der Waals surface area (Å²) in [5.41, 5.74) is 7.74. The van der Waals surface area contributed by atoms with E-state index in [1.54, 1.807) is 30.5 Å². The fourth-order valence-corrected chi connectivity index (χ4v) is 2.49. The van der Waals surface area contributed by atoms with Crippen molar-refractivity contribution in [2.24, 2.45) is 0 Å². The van der Waals surface area contributed by atoms with Crippen LogP contribution in [-0.2, 0) is 0 Å². The van der Waals surface area contributed by atoms with Crippen molar-refractivity contribution in [2.45, 2.75) is 0 Å². The minimum atomic E-state index is -0.548. The molecule has 1 aromatic heterocycles. The molecule has 5 N–H and O–H groups in total. The zero-order chi connectivity index (χ0) is 17.1. The summed E-state index contributed by atoms with van der Waals surface area (Å²) < 4.78 is 14.3.